The van der Waals surface area contributed by atoms with Gasteiger partial charge in [0.15, 0.2) is 0 Å². The van der Waals surface area contributed by atoms with Crippen molar-refractivity contribution in [1.82, 2.24) is 4.31 Å². The van der Waals surface area contributed by atoms with Crippen LogP contribution in [0.3, 0.4) is 0 Å². The lowest BCUT2D eigenvalue weighted by Crippen LogP contribution is -2.28. The Kier molecular flexibility index (Phi) is 6.03. The van der Waals surface area contributed by atoms with Gasteiger partial charge in [-0.1, -0.05) is 30.9 Å². The Hall–Kier alpha value is -1.35. The fourth-order valence-electron chi connectivity index (χ4n) is 1.67. The van der Waals surface area contributed by atoms with Gasteiger partial charge in [0.1, 0.15) is 0 Å². The van der Waals surface area contributed by atoms with Crippen LogP contribution in [0, 0.1) is 11.8 Å². The predicted molar refractivity (Wildman–Crippen MR) is 77.9 cm³/mol. The fraction of sp³-hybridized carbons (Fsp3) is 0.429. The van der Waals surface area contributed by atoms with Crippen molar-refractivity contribution < 1.29 is 8.42 Å². The minimum atomic E-state index is -3.16. The minimum Gasteiger partial charge on any atom is -0.320 e. The SMILES string of the molecule is CCCS(=O)(=O)N(C)Cc1cccc(C#CCN)c1. The normalized spacial score (nSPS) is 11.2. The van der Waals surface area contributed by atoms with Gasteiger partial charge >= 0.3 is 0 Å². The van der Waals surface area contributed by atoms with E-state index in [2.05, 4.69) is 11.8 Å². The molecule has 104 valence electrons. The Morgan fingerprint density at radius 3 is 2.74 bits per heavy atom. The molecule has 0 saturated carbocycles. The molecule has 0 spiro atoms. The first-order valence-corrected chi connectivity index (χ1v) is 7.82. The molecule has 0 aliphatic rings. The molecule has 0 fully saturated rings. The van der Waals surface area contributed by atoms with Crippen LogP contribution in [0.1, 0.15) is 24.5 Å². The first kappa shape index (κ1) is 15.7. The Morgan fingerprint density at radius 1 is 1.37 bits per heavy atom. The second-order valence-electron chi connectivity index (χ2n) is 4.28. The summed E-state index contributed by atoms with van der Waals surface area (Å²) >= 11 is 0. The van der Waals surface area contributed by atoms with Crippen molar-refractivity contribution in [1.29, 1.82) is 0 Å². The molecule has 0 atom stereocenters. The van der Waals surface area contributed by atoms with Crippen LogP contribution in [0.15, 0.2) is 24.3 Å². The van der Waals surface area contributed by atoms with Gasteiger partial charge in [0.2, 0.25) is 10.0 Å². The molecule has 1 aromatic rings. The summed E-state index contributed by atoms with van der Waals surface area (Å²) in [6.07, 6.45) is 0.620. The summed E-state index contributed by atoms with van der Waals surface area (Å²) in [6.45, 7) is 2.53. The summed E-state index contributed by atoms with van der Waals surface area (Å²) in [5.41, 5.74) is 7.10. The van der Waals surface area contributed by atoms with Crippen molar-refractivity contribution in [2.24, 2.45) is 5.73 Å². The maximum Gasteiger partial charge on any atom is 0.214 e. The second-order valence-corrected chi connectivity index (χ2v) is 6.47. The molecule has 0 heterocycles. The van der Waals surface area contributed by atoms with E-state index >= 15 is 0 Å². The Balaban J connectivity index is 2.83. The van der Waals surface area contributed by atoms with Gasteiger partial charge in [-0.2, -0.15) is 0 Å². The molecule has 0 radical (unpaired) electrons. The summed E-state index contributed by atoms with van der Waals surface area (Å²) in [6, 6.07) is 7.54. The van der Waals surface area contributed by atoms with Crippen LogP contribution >= 0.6 is 0 Å². The van der Waals surface area contributed by atoms with Crippen LogP contribution in [0.5, 0.6) is 0 Å². The van der Waals surface area contributed by atoms with Gasteiger partial charge in [-0.25, -0.2) is 12.7 Å². The summed E-state index contributed by atoms with van der Waals surface area (Å²) in [5.74, 6) is 5.90. The van der Waals surface area contributed by atoms with Crippen molar-refractivity contribution in [3.05, 3.63) is 35.4 Å². The molecule has 1 aromatic carbocycles. The third-order valence-electron chi connectivity index (χ3n) is 2.60. The number of hydrogen-bond donors (Lipinski definition) is 1. The molecule has 0 aliphatic heterocycles. The standard InChI is InChI=1S/C14H20N2O2S/c1-3-10-19(17,18)16(2)12-14-7-4-6-13(11-14)8-5-9-15/h4,6-7,11H,3,9-10,12,15H2,1-2H3. The van der Waals surface area contributed by atoms with Gasteiger partial charge in [-0.15, -0.1) is 0 Å². The first-order valence-electron chi connectivity index (χ1n) is 6.21. The molecular formula is C14H20N2O2S. The summed E-state index contributed by atoms with van der Waals surface area (Å²) < 4.78 is 25.1. The van der Waals surface area contributed by atoms with Crippen molar-refractivity contribution in [3.63, 3.8) is 0 Å². The van der Waals surface area contributed by atoms with E-state index in [0.29, 0.717) is 19.5 Å². The number of sulfonamides is 1. The molecule has 0 saturated heterocycles. The highest BCUT2D eigenvalue weighted by Crippen LogP contribution is 2.10. The summed E-state index contributed by atoms with van der Waals surface area (Å²) in [7, 11) is -1.56. The topological polar surface area (TPSA) is 63.4 Å². The van der Waals surface area contributed by atoms with E-state index in [1.165, 1.54) is 4.31 Å². The molecule has 4 nitrogen and oxygen atoms in total. The van der Waals surface area contributed by atoms with Crippen LogP contribution in [-0.4, -0.2) is 32.1 Å². The monoisotopic (exact) mass is 280 g/mol. The third kappa shape index (κ3) is 5.03. The molecule has 0 aromatic heterocycles. The number of rotatable bonds is 5. The average Bonchev–Trinajstić information content (AvgIpc) is 2.36. The number of hydrogen-bond acceptors (Lipinski definition) is 3. The number of nitrogens with zero attached hydrogens (tertiary/aromatic N) is 1. The summed E-state index contributed by atoms with van der Waals surface area (Å²) in [4.78, 5) is 0. The number of nitrogens with two attached hydrogens (primary N) is 1. The van der Waals surface area contributed by atoms with Crippen LogP contribution in [0.25, 0.3) is 0 Å². The van der Waals surface area contributed by atoms with Crippen molar-refractivity contribution >= 4 is 10.0 Å². The molecule has 2 N–H and O–H groups in total. The Morgan fingerprint density at radius 2 is 2.11 bits per heavy atom. The molecular weight excluding hydrogens is 260 g/mol. The predicted octanol–water partition coefficient (Wildman–Crippen LogP) is 1.17. The quantitative estimate of drug-likeness (QED) is 0.824. The smallest absolute Gasteiger partial charge is 0.214 e. The lowest BCUT2D eigenvalue weighted by molar-refractivity contribution is 0.466. The Labute approximate surface area is 115 Å². The van der Waals surface area contributed by atoms with E-state index in [4.69, 9.17) is 5.73 Å². The highest BCUT2D eigenvalue weighted by Gasteiger charge is 2.16. The van der Waals surface area contributed by atoms with Gasteiger partial charge in [-0.05, 0) is 24.1 Å². The maximum absolute atomic E-state index is 11.9. The fourth-order valence-corrected chi connectivity index (χ4v) is 2.84. The maximum atomic E-state index is 11.9. The van der Waals surface area contributed by atoms with Crippen molar-refractivity contribution in [2.75, 3.05) is 19.3 Å². The molecule has 19 heavy (non-hydrogen) atoms. The average molecular weight is 280 g/mol. The van der Waals surface area contributed by atoms with E-state index in [-0.39, 0.29) is 5.75 Å². The second kappa shape index (κ2) is 7.29. The minimum absolute atomic E-state index is 0.177. The zero-order chi connectivity index (χ0) is 14.3. The first-order chi connectivity index (χ1) is 8.99. The molecule has 0 unspecified atom stereocenters. The van der Waals surface area contributed by atoms with Crippen LogP contribution in [-0.2, 0) is 16.6 Å². The Bertz CT molecular complexity index is 571. The summed E-state index contributed by atoms with van der Waals surface area (Å²) in [5, 5.41) is 0. The van der Waals surface area contributed by atoms with Gasteiger partial charge < -0.3 is 5.73 Å². The lowest BCUT2D eigenvalue weighted by Gasteiger charge is -2.16. The van der Waals surface area contributed by atoms with E-state index in [9.17, 15) is 8.42 Å². The highest BCUT2D eigenvalue weighted by atomic mass is 32.2. The van der Waals surface area contributed by atoms with Crippen LogP contribution in [0.2, 0.25) is 0 Å². The van der Waals surface area contributed by atoms with Gasteiger partial charge in [0, 0.05) is 19.2 Å². The molecule has 5 heteroatoms. The zero-order valence-corrected chi connectivity index (χ0v) is 12.2. The zero-order valence-electron chi connectivity index (χ0n) is 11.4. The third-order valence-corrected chi connectivity index (χ3v) is 4.61. The highest BCUT2D eigenvalue weighted by molar-refractivity contribution is 7.89. The van der Waals surface area contributed by atoms with E-state index in [1.54, 1.807) is 7.05 Å². The largest absolute Gasteiger partial charge is 0.320 e. The van der Waals surface area contributed by atoms with Crippen molar-refractivity contribution in [3.8, 4) is 11.8 Å². The number of benzene rings is 1. The molecule has 0 aliphatic carbocycles. The van der Waals surface area contributed by atoms with E-state index < -0.39 is 10.0 Å². The van der Waals surface area contributed by atoms with E-state index in [1.807, 2.05) is 31.2 Å². The van der Waals surface area contributed by atoms with Crippen LogP contribution in [0.4, 0.5) is 0 Å². The van der Waals surface area contributed by atoms with Gasteiger partial charge in [-0.3, -0.25) is 0 Å². The van der Waals surface area contributed by atoms with Crippen LogP contribution < -0.4 is 5.73 Å². The molecule has 0 bridgehead atoms. The molecule has 0 amide bonds. The van der Waals surface area contributed by atoms with Gasteiger partial charge in [0.05, 0.1) is 12.3 Å². The molecule has 1 rings (SSSR count). The van der Waals surface area contributed by atoms with Gasteiger partial charge in [0.25, 0.3) is 0 Å². The van der Waals surface area contributed by atoms with Crippen molar-refractivity contribution in [2.45, 2.75) is 19.9 Å². The van der Waals surface area contributed by atoms with E-state index in [0.717, 1.165) is 11.1 Å². The lowest BCUT2D eigenvalue weighted by atomic mass is 10.1.